The van der Waals surface area contributed by atoms with Gasteiger partial charge in [0, 0.05) is 84.2 Å². The number of ether oxygens (including phenoxy) is 3. The van der Waals surface area contributed by atoms with Crippen molar-refractivity contribution in [2.45, 2.75) is 199 Å². The van der Waals surface area contributed by atoms with Crippen LogP contribution in [0.25, 0.3) is 0 Å². The van der Waals surface area contributed by atoms with Gasteiger partial charge in [-0.1, -0.05) is 317 Å². The Morgan fingerprint density at radius 3 is 0.865 bits per heavy atom. The summed E-state index contributed by atoms with van der Waals surface area (Å²) in [5.41, 5.74) is 7.66. The second-order valence-corrected chi connectivity index (χ2v) is 27.0. The standard InChI is InChI=1S/5C7H6Cl2.2C7H7Cl.C7H13F3O2.C5H11BrO.C4H7Cl.C4H10.3C2H6.CH4/c5*1-5-2-3-6(8)4-7(5)9;1-6-2-4-7(8)5-3-6;1-6-4-2-3-5-7(6)8;1-3-4-6(11-2)12-5-7(8,9)10;1-3-5(6)4-7-2;1-4(5)2-3-4;1-3-4-2;3*1-2;/h5*2-4H,1H3;2*2-5H,1H3;6H,3-5H2,1-2H3;5H,3-4H2,1-2H3;2-3H2,1H3;3-4H2,1-2H3;3*1-2H3;1H4. The van der Waals surface area contributed by atoms with Crippen LogP contribution in [0.15, 0.2) is 140 Å². The summed E-state index contributed by atoms with van der Waals surface area (Å²) in [5.74, 6) is 0. The molecular formula is C76H107BrCl13F3O3. The molecule has 1 fully saturated rings. The zero-order valence-corrected chi connectivity index (χ0v) is 70.4. The van der Waals surface area contributed by atoms with Gasteiger partial charge in [-0.25, -0.2) is 0 Å². The predicted molar refractivity (Wildman–Crippen MR) is 436 cm³/mol. The molecule has 2 unspecified atom stereocenters. The number of alkyl halides is 5. The largest absolute Gasteiger partial charge is 0.411 e. The minimum absolute atomic E-state index is 0. The van der Waals surface area contributed by atoms with E-state index in [0.29, 0.717) is 36.4 Å². The van der Waals surface area contributed by atoms with Gasteiger partial charge in [-0.2, -0.15) is 13.2 Å². The summed E-state index contributed by atoms with van der Waals surface area (Å²) < 4.78 is 48.8. The molecule has 0 saturated heterocycles. The Balaban J connectivity index is -0.000000181. The summed E-state index contributed by atoms with van der Waals surface area (Å²) in [4.78, 5) is 0.762. The molecule has 1 aliphatic carbocycles. The first kappa shape index (κ1) is 108. The van der Waals surface area contributed by atoms with Gasteiger partial charge in [0.05, 0.1) is 6.61 Å². The number of halogens is 17. The summed E-state index contributed by atoms with van der Waals surface area (Å²) >= 11 is 77.2. The van der Waals surface area contributed by atoms with Crippen molar-refractivity contribution in [2.75, 3.05) is 27.4 Å². The summed E-state index contributed by atoms with van der Waals surface area (Å²) in [5, 5.41) is 8.69. The molecule has 0 radical (unpaired) electrons. The lowest BCUT2D eigenvalue weighted by Crippen LogP contribution is -2.24. The molecule has 0 N–H and O–H groups in total. The molecule has 2 atom stereocenters. The predicted octanol–water partition coefficient (Wildman–Crippen LogP) is 33.2. The van der Waals surface area contributed by atoms with Crippen LogP contribution in [0.4, 0.5) is 13.2 Å². The third kappa shape index (κ3) is 68.2. The topological polar surface area (TPSA) is 27.7 Å². The zero-order chi connectivity index (χ0) is 74.9. The molecule has 0 aliphatic heterocycles. The van der Waals surface area contributed by atoms with E-state index in [1.165, 1.54) is 38.4 Å². The number of hydrogen-bond acceptors (Lipinski definition) is 3. The van der Waals surface area contributed by atoms with Crippen molar-refractivity contribution in [3.63, 3.8) is 0 Å². The van der Waals surface area contributed by atoms with E-state index in [1.807, 2.05) is 206 Å². The smallest absolute Gasteiger partial charge is 0.384 e. The monoisotopic (exact) mass is 1660 g/mol. The molecule has 0 bridgehead atoms. The normalized spacial score (nSPS) is 11.0. The molecule has 20 heteroatoms. The van der Waals surface area contributed by atoms with Crippen molar-refractivity contribution in [1.29, 1.82) is 0 Å². The molecule has 1 saturated carbocycles. The Kier molecular flexibility index (Phi) is 76.3. The first-order chi connectivity index (χ1) is 44.5. The fourth-order valence-corrected chi connectivity index (χ4v) is 7.75. The lowest BCUT2D eigenvalue weighted by atomic mass is 10.2. The molecule has 8 rings (SSSR count). The van der Waals surface area contributed by atoms with Crippen LogP contribution in [-0.2, 0) is 14.2 Å². The van der Waals surface area contributed by atoms with Crippen LogP contribution in [0.5, 0.6) is 0 Å². The third-order valence-electron chi connectivity index (χ3n) is 11.2. The first-order valence-electron chi connectivity index (χ1n) is 31.1. The van der Waals surface area contributed by atoms with E-state index < -0.39 is 19.1 Å². The van der Waals surface area contributed by atoms with Gasteiger partial charge in [-0.05, 0) is 193 Å². The molecular weight excluding hydrogens is 1560 g/mol. The molecule has 0 aromatic heterocycles. The fourth-order valence-electron chi connectivity index (χ4n) is 5.08. The Hall–Kier alpha value is -1.54. The minimum atomic E-state index is -4.27. The van der Waals surface area contributed by atoms with E-state index in [1.54, 1.807) is 37.4 Å². The number of methoxy groups -OCH3 is 2. The van der Waals surface area contributed by atoms with Crippen LogP contribution in [-0.4, -0.2) is 49.6 Å². The van der Waals surface area contributed by atoms with E-state index in [4.69, 9.17) is 156 Å². The van der Waals surface area contributed by atoms with Gasteiger partial charge < -0.3 is 14.2 Å². The highest BCUT2D eigenvalue weighted by molar-refractivity contribution is 9.09. The third-order valence-corrected chi connectivity index (χ3v) is 16.4. The number of benzene rings is 7. The first-order valence-corrected chi connectivity index (χ1v) is 36.9. The van der Waals surface area contributed by atoms with E-state index >= 15 is 0 Å². The van der Waals surface area contributed by atoms with Crippen molar-refractivity contribution in [3.8, 4) is 0 Å². The Labute approximate surface area is 653 Å². The number of unbranched alkanes of at least 4 members (excludes halogenated alkanes) is 1. The van der Waals surface area contributed by atoms with Crippen LogP contribution in [0.1, 0.15) is 167 Å². The van der Waals surface area contributed by atoms with Crippen LogP contribution >= 0.6 is 167 Å². The van der Waals surface area contributed by atoms with Crippen molar-refractivity contribution >= 4 is 167 Å². The Bertz CT molecular complexity index is 2620. The van der Waals surface area contributed by atoms with Gasteiger partial charge >= 0.3 is 6.18 Å². The molecule has 7 aromatic rings. The van der Waals surface area contributed by atoms with Crippen LogP contribution in [0.3, 0.4) is 0 Å². The van der Waals surface area contributed by atoms with Gasteiger partial charge in [0.25, 0.3) is 0 Å². The quantitative estimate of drug-likeness (QED) is 0.106. The summed E-state index contributed by atoms with van der Waals surface area (Å²) in [6, 6.07) is 42.8. The number of rotatable bonds is 9. The average molecular weight is 1670 g/mol. The van der Waals surface area contributed by atoms with Gasteiger partial charge in [-0.3, -0.25) is 0 Å². The van der Waals surface area contributed by atoms with Gasteiger partial charge in [0.15, 0.2) is 6.29 Å². The molecule has 96 heavy (non-hydrogen) atoms. The van der Waals surface area contributed by atoms with Crippen molar-refractivity contribution in [3.05, 3.63) is 239 Å². The molecule has 0 amide bonds. The number of aryl methyl sites for hydroxylation is 7. The Morgan fingerprint density at radius 2 is 0.708 bits per heavy atom. The molecule has 3 nitrogen and oxygen atoms in total. The van der Waals surface area contributed by atoms with E-state index in [0.717, 1.165) is 88.0 Å². The average Bonchev–Trinajstić information content (AvgIpc) is 1.80. The maximum absolute atomic E-state index is 11.6. The zero-order valence-electron chi connectivity index (χ0n) is 58.9. The van der Waals surface area contributed by atoms with E-state index in [-0.39, 0.29) is 12.3 Å². The molecule has 0 heterocycles. The summed E-state index contributed by atoms with van der Waals surface area (Å²) in [6.45, 7) is 35.7. The second-order valence-electron chi connectivity index (χ2n) is 19.8. The highest BCUT2D eigenvalue weighted by Crippen LogP contribution is 2.41. The lowest BCUT2D eigenvalue weighted by Gasteiger charge is -2.16. The van der Waals surface area contributed by atoms with Crippen LogP contribution < -0.4 is 0 Å². The second kappa shape index (κ2) is 67.9. The van der Waals surface area contributed by atoms with Gasteiger partial charge in [0.1, 0.15) is 6.61 Å². The Morgan fingerprint density at radius 1 is 0.438 bits per heavy atom. The summed E-state index contributed by atoms with van der Waals surface area (Å²) in [6.07, 6.45) is 2.40. The van der Waals surface area contributed by atoms with E-state index in [2.05, 4.69) is 53.1 Å². The van der Waals surface area contributed by atoms with E-state index in [9.17, 15) is 13.2 Å². The summed E-state index contributed by atoms with van der Waals surface area (Å²) in [7, 11) is 3.04. The number of hydrogen-bond donors (Lipinski definition) is 0. The highest BCUT2D eigenvalue weighted by Gasteiger charge is 2.34. The van der Waals surface area contributed by atoms with Gasteiger partial charge in [0.2, 0.25) is 0 Å². The highest BCUT2D eigenvalue weighted by atomic mass is 79.9. The molecule has 1 aliphatic rings. The lowest BCUT2D eigenvalue weighted by molar-refractivity contribution is -0.224. The van der Waals surface area contributed by atoms with Crippen molar-refractivity contribution < 1.29 is 27.4 Å². The minimum Gasteiger partial charge on any atom is -0.384 e. The maximum Gasteiger partial charge on any atom is 0.411 e. The van der Waals surface area contributed by atoms with Crippen LogP contribution in [0.2, 0.25) is 60.3 Å². The molecule has 7 aromatic carbocycles. The van der Waals surface area contributed by atoms with Crippen molar-refractivity contribution in [2.24, 2.45) is 0 Å². The maximum atomic E-state index is 11.6. The molecule has 548 valence electrons. The SMILES string of the molecule is C.CC.CC.CC.CC1(Cl)CC1.CCC(Br)COC.CCCC.CCCC(OC)OCC(F)(F)F.Cc1ccc(Cl)cc1.Cc1ccc(Cl)cc1Cl.Cc1ccc(Cl)cc1Cl.Cc1ccc(Cl)cc1Cl.Cc1ccc(Cl)cc1Cl.Cc1ccc(Cl)cc1Cl.Cc1ccccc1Cl. The van der Waals surface area contributed by atoms with Crippen LogP contribution in [0, 0.1) is 48.5 Å². The van der Waals surface area contributed by atoms with Crippen molar-refractivity contribution in [1.82, 2.24) is 0 Å². The fraction of sp³-hybridized carbons (Fsp3) is 0.447. The molecule has 0 spiro atoms. The van der Waals surface area contributed by atoms with Gasteiger partial charge in [-0.15, -0.1) is 11.6 Å².